The lowest BCUT2D eigenvalue weighted by atomic mass is 9.76. The maximum absolute atomic E-state index is 6.63. The molecule has 1 heterocycles. The van der Waals surface area contributed by atoms with Crippen molar-refractivity contribution < 1.29 is 0 Å². The maximum Gasteiger partial charge on any atom is 0.0794 e. The zero-order valence-corrected chi connectivity index (χ0v) is 12.7. The minimum absolute atomic E-state index is 0.00648. The Labute approximate surface area is 115 Å². The Morgan fingerprint density at radius 1 is 1.39 bits per heavy atom. The van der Waals surface area contributed by atoms with Crippen LogP contribution in [0.4, 0.5) is 0 Å². The van der Waals surface area contributed by atoms with E-state index >= 15 is 0 Å². The molecule has 1 aliphatic rings. The fourth-order valence-corrected chi connectivity index (χ4v) is 3.90. The van der Waals surface area contributed by atoms with Crippen LogP contribution < -0.4 is 5.73 Å². The zero-order chi connectivity index (χ0) is 13.2. The highest BCUT2D eigenvalue weighted by molar-refractivity contribution is 7.09. The number of nitrogens with two attached hydrogens (primary N) is 1. The molecule has 0 radical (unpaired) electrons. The fourth-order valence-electron chi connectivity index (χ4n) is 3.15. The van der Waals surface area contributed by atoms with Crippen molar-refractivity contribution in [3.8, 4) is 0 Å². The van der Waals surface area contributed by atoms with E-state index in [0.29, 0.717) is 5.41 Å². The molecule has 102 valence electrons. The summed E-state index contributed by atoms with van der Waals surface area (Å²) in [7, 11) is 0. The monoisotopic (exact) mass is 266 g/mol. The summed E-state index contributed by atoms with van der Waals surface area (Å²) in [5, 5.41) is 0. The van der Waals surface area contributed by atoms with Crippen molar-refractivity contribution in [3.63, 3.8) is 0 Å². The molecule has 18 heavy (non-hydrogen) atoms. The van der Waals surface area contributed by atoms with Crippen LogP contribution in [0.1, 0.15) is 57.8 Å². The first-order valence-electron chi connectivity index (χ1n) is 7.05. The largest absolute Gasteiger partial charge is 0.325 e. The first kappa shape index (κ1) is 14.0. The first-order valence-corrected chi connectivity index (χ1v) is 7.93. The Hall–Kier alpha value is -0.410. The summed E-state index contributed by atoms with van der Waals surface area (Å²) in [6.45, 7) is 7.10. The van der Waals surface area contributed by atoms with Gasteiger partial charge in [-0.15, -0.1) is 11.3 Å². The van der Waals surface area contributed by atoms with E-state index < -0.39 is 0 Å². The highest BCUT2D eigenvalue weighted by atomic mass is 32.1. The van der Waals surface area contributed by atoms with Crippen LogP contribution in [-0.2, 0) is 6.42 Å². The van der Waals surface area contributed by atoms with Gasteiger partial charge in [-0.05, 0) is 37.0 Å². The summed E-state index contributed by atoms with van der Waals surface area (Å²) in [6.07, 6.45) is 9.20. The van der Waals surface area contributed by atoms with E-state index in [1.165, 1.54) is 24.1 Å². The van der Waals surface area contributed by atoms with Crippen LogP contribution in [-0.4, -0.2) is 10.5 Å². The van der Waals surface area contributed by atoms with Crippen LogP contribution in [0, 0.1) is 11.3 Å². The van der Waals surface area contributed by atoms with Gasteiger partial charge < -0.3 is 5.73 Å². The Kier molecular flexibility index (Phi) is 4.12. The van der Waals surface area contributed by atoms with Crippen molar-refractivity contribution in [1.29, 1.82) is 0 Å². The molecule has 2 unspecified atom stereocenters. The molecule has 1 fully saturated rings. The summed E-state index contributed by atoms with van der Waals surface area (Å²) >= 11 is 1.74. The number of nitrogens with zero attached hydrogens (tertiary/aromatic N) is 1. The second-order valence-corrected chi connectivity index (χ2v) is 7.97. The lowest BCUT2D eigenvalue weighted by Gasteiger charge is -2.31. The van der Waals surface area contributed by atoms with E-state index in [2.05, 4.69) is 25.8 Å². The fraction of sp³-hybridized carbons (Fsp3) is 0.800. The Balaban J connectivity index is 1.99. The van der Waals surface area contributed by atoms with E-state index in [4.69, 9.17) is 5.73 Å². The van der Waals surface area contributed by atoms with Crippen LogP contribution in [0.3, 0.4) is 0 Å². The highest BCUT2D eigenvalue weighted by Gasteiger charge is 2.33. The molecule has 2 nitrogen and oxygen atoms in total. The van der Waals surface area contributed by atoms with Gasteiger partial charge in [-0.1, -0.05) is 27.2 Å². The topological polar surface area (TPSA) is 38.9 Å². The molecule has 2 atom stereocenters. The van der Waals surface area contributed by atoms with Gasteiger partial charge in [0.1, 0.15) is 0 Å². The van der Waals surface area contributed by atoms with Crippen molar-refractivity contribution in [2.45, 2.75) is 64.8 Å². The van der Waals surface area contributed by atoms with Crippen molar-refractivity contribution in [1.82, 2.24) is 4.98 Å². The van der Waals surface area contributed by atoms with E-state index in [1.54, 1.807) is 11.3 Å². The summed E-state index contributed by atoms with van der Waals surface area (Å²) < 4.78 is 0. The van der Waals surface area contributed by atoms with E-state index in [-0.39, 0.29) is 5.54 Å². The first-order chi connectivity index (χ1) is 8.39. The number of thiazole rings is 1. The van der Waals surface area contributed by atoms with Gasteiger partial charge in [0.25, 0.3) is 0 Å². The van der Waals surface area contributed by atoms with E-state index in [1.807, 2.05) is 11.7 Å². The molecule has 0 bridgehead atoms. The number of hydrogen-bond acceptors (Lipinski definition) is 3. The third-order valence-corrected chi connectivity index (χ3v) is 5.23. The number of aromatic nitrogens is 1. The Morgan fingerprint density at radius 3 is 2.78 bits per heavy atom. The molecule has 0 aliphatic heterocycles. The minimum atomic E-state index is 0.00648. The molecule has 1 aromatic rings. The van der Waals surface area contributed by atoms with Crippen LogP contribution >= 0.6 is 11.3 Å². The summed E-state index contributed by atoms with van der Waals surface area (Å²) in [6, 6.07) is 0. The van der Waals surface area contributed by atoms with Crippen molar-refractivity contribution in [2.75, 3.05) is 0 Å². The summed E-state index contributed by atoms with van der Waals surface area (Å²) in [5.74, 6) is 0.824. The average molecular weight is 266 g/mol. The van der Waals surface area contributed by atoms with Gasteiger partial charge >= 0.3 is 0 Å². The molecule has 1 aliphatic carbocycles. The third kappa shape index (κ3) is 3.55. The molecule has 0 saturated heterocycles. The minimum Gasteiger partial charge on any atom is -0.325 e. The molecule has 2 rings (SSSR count). The van der Waals surface area contributed by atoms with Gasteiger partial charge in [0, 0.05) is 23.0 Å². The lowest BCUT2D eigenvalue weighted by molar-refractivity contribution is 0.210. The molecule has 0 aromatic carbocycles. The van der Waals surface area contributed by atoms with Crippen LogP contribution in [0.2, 0.25) is 0 Å². The second-order valence-electron chi connectivity index (χ2n) is 7.00. The molecular formula is C15H26N2S. The Bertz CT molecular complexity index is 366. The van der Waals surface area contributed by atoms with Crippen LogP contribution in [0.25, 0.3) is 0 Å². The van der Waals surface area contributed by atoms with Gasteiger partial charge in [-0.3, -0.25) is 4.98 Å². The molecular weight excluding hydrogens is 240 g/mol. The summed E-state index contributed by atoms with van der Waals surface area (Å²) in [5.41, 5.74) is 8.98. The van der Waals surface area contributed by atoms with Gasteiger partial charge in [-0.25, -0.2) is 0 Å². The van der Waals surface area contributed by atoms with Crippen molar-refractivity contribution in [2.24, 2.45) is 17.1 Å². The highest BCUT2D eigenvalue weighted by Crippen LogP contribution is 2.40. The number of rotatable bonds is 2. The lowest BCUT2D eigenvalue weighted by Crippen LogP contribution is -2.41. The normalized spacial score (nSPS) is 30.1. The molecule has 0 spiro atoms. The standard InChI is InChI=1S/C15H26N2S/c1-14(2,3)12-5-4-7-15(16,8-6-12)9-13-10-17-11-18-13/h10-12H,4-9,16H2,1-3H3. The van der Waals surface area contributed by atoms with E-state index in [0.717, 1.165) is 25.2 Å². The quantitative estimate of drug-likeness (QED) is 0.821. The number of hydrogen-bond donors (Lipinski definition) is 1. The third-order valence-electron chi connectivity index (χ3n) is 4.45. The molecule has 1 saturated carbocycles. The predicted octanol–water partition coefficient (Wildman–Crippen LogP) is 4.01. The van der Waals surface area contributed by atoms with E-state index in [9.17, 15) is 0 Å². The smallest absolute Gasteiger partial charge is 0.0794 e. The van der Waals surface area contributed by atoms with Crippen molar-refractivity contribution in [3.05, 3.63) is 16.6 Å². The zero-order valence-electron chi connectivity index (χ0n) is 11.9. The van der Waals surface area contributed by atoms with Crippen LogP contribution in [0.15, 0.2) is 11.7 Å². The molecule has 3 heteroatoms. The average Bonchev–Trinajstić information content (AvgIpc) is 2.65. The SMILES string of the molecule is CC(C)(C)C1CCCC(N)(Cc2cncs2)CC1. The van der Waals surface area contributed by atoms with Gasteiger partial charge in [0.2, 0.25) is 0 Å². The molecule has 0 amide bonds. The molecule has 1 aromatic heterocycles. The van der Waals surface area contributed by atoms with Crippen molar-refractivity contribution >= 4 is 11.3 Å². The maximum atomic E-state index is 6.63. The van der Waals surface area contributed by atoms with Gasteiger partial charge in [-0.2, -0.15) is 0 Å². The van der Waals surface area contributed by atoms with Gasteiger partial charge in [0.05, 0.1) is 5.51 Å². The summed E-state index contributed by atoms with van der Waals surface area (Å²) in [4.78, 5) is 5.50. The molecule has 2 N–H and O–H groups in total. The second kappa shape index (κ2) is 5.30. The van der Waals surface area contributed by atoms with Gasteiger partial charge in [0.15, 0.2) is 0 Å². The predicted molar refractivity (Wildman–Crippen MR) is 78.8 cm³/mol. The van der Waals surface area contributed by atoms with Crippen LogP contribution in [0.5, 0.6) is 0 Å². The Morgan fingerprint density at radius 2 is 2.17 bits per heavy atom.